The molecule has 0 unspecified atom stereocenters. The molecule has 3 atom stereocenters. The second kappa shape index (κ2) is 4.87. The Morgan fingerprint density at radius 2 is 2.11 bits per heavy atom. The third kappa shape index (κ3) is 2.09. The fraction of sp³-hybridized carbons (Fsp3) is 0.857. The molecule has 0 bridgehead atoms. The summed E-state index contributed by atoms with van der Waals surface area (Å²) in [4.78, 5) is 25.3. The Bertz CT molecular complexity index is 369. The van der Waals surface area contributed by atoms with E-state index in [9.17, 15) is 9.59 Å². The first-order chi connectivity index (χ1) is 8.38. The lowest BCUT2D eigenvalue weighted by molar-refractivity contribution is -0.148. The molecule has 1 saturated carbocycles. The van der Waals surface area contributed by atoms with Crippen molar-refractivity contribution in [3.05, 3.63) is 0 Å². The first kappa shape index (κ1) is 13.9. The number of imide groups is 1. The van der Waals surface area contributed by atoms with E-state index in [4.69, 9.17) is 0 Å². The van der Waals surface area contributed by atoms with Crippen molar-refractivity contribution in [1.29, 1.82) is 0 Å². The van der Waals surface area contributed by atoms with E-state index in [2.05, 4.69) is 20.8 Å². The number of carbonyl (C=O) groups excluding carboxylic acids is 2. The summed E-state index contributed by atoms with van der Waals surface area (Å²) < 4.78 is 0. The van der Waals surface area contributed by atoms with Gasteiger partial charge in [0.25, 0.3) is 0 Å². The Balaban J connectivity index is 2.40. The topological polar surface area (TPSA) is 37.4 Å². The number of amides is 2. The van der Waals surface area contributed by atoms with Gasteiger partial charge in [-0.3, -0.25) is 14.5 Å². The minimum atomic E-state index is -0.255. The van der Waals surface area contributed by atoms with Gasteiger partial charge in [0.15, 0.2) is 0 Å². The number of thioether (sulfide) groups is 1. The van der Waals surface area contributed by atoms with Crippen molar-refractivity contribution in [1.82, 2.24) is 4.90 Å². The minimum absolute atomic E-state index is 0.00671. The SMILES string of the molecule is CC(=O)N1C(=O)CS[C@]12C[C@H](C)CC[C@H]2C(C)C. The zero-order valence-electron chi connectivity index (χ0n) is 11.7. The Labute approximate surface area is 114 Å². The Hall–Kier alpha value is -0.510. The molecular formula is C14H23NO2S. The highest BCUT2D eigenvalue weighted by atomic mass is 32.2. The van der Waals surface area contributed by atoms with Crippen molar-refractivity contribution in [2.45, 2.75) is 51.8 Å². The second-order valence-corrected chi connectivity index (χ2v) is 7.40. The highest BCUT2D eigenvalue weighted by molar-refractivity contribution is 8.01. The number of hydrogen-bond acceptors (Lipinski definition) is 3. The van der Waals surface area contributed by atoms with E-state index < -0.39 is 0 Å². The first-order valence-electron chi connectivity index (χ1n) is 6.86. The van der Waals surface area contributed by atoms with Crippen molar-refractivity contribution in [2.24, 2.45) is 17.8 Å². The van der Waals surface area contributed by atoms with E-state index in [0.29, 0.717) is 23.5 Å². The van der Waals surface area contributed by atoms with Crippen molar-refractivity contribution in [3.63, 3.8) is 0 Å². The van der Waals surface area contributed by atoms with Crippen LogP contribution in [0, 0.1) is 17.8 Å². The fourth-order valence-corrected chi connectivity index (χ4v) is 5.56. The van der Waals surface area contributed by atoms with E-state index in [1.165, 1.54) is 13.3 Å². The Morgan fingerprint density at radius 1 is 1.44 bits per heavy atom. The zero-order chi connectivity index (χ0) is 13.5. The lowest BCUT2D eigenvalue weighted by atomic mass is 9.72. The molecule has 2 fully saturated rings. The molecule has 4 heteroatoms. The van der Waals surface area contributed by atoms with Crippen LogP contribution in [-0.2, 0) is 9.59 Å². The number of nitrogens with zero attached hydrogens (tertiary/aromatic N) is 1. The molecule has 18 heavy (non-hydrogen) atoms. The molecular weight excluding hydrogens is 246 g/mol. The number of hydrogen-bond donors (Lipinski definition) is 0. The smallest absolute Gasteiger partial charge is 0.240 e. The van der Waals surface area contributed by atoms with Crippen LogP contribution in [-0.4, -0.2) is 27.3 Å². The van der Waals surface area contributed by atoms with E-state index in [1.807, 2.05) is 0 Å². The molecule has 0 aromatic heterocycles. The predicted molar refractivity (Wildman–Crippen MR) is 74.1 cm³/mol. The molecule has 2 amide bonds. The summed E-state index contributed by atoms with van der Waals surface area (Å²) in [6.07, 6.45) is 3.31. The summed E-state index contributed by atoms with van der Waals surface area (Å²) >= 11 is 1.71. The van der Waals surface area contributed by atoms with Gasteiger partial charge in [-0.05, 0) is 30.6 Å². The maximum absolute atomic E-state index is 12.0. The summed E-state index contributed by atoms with van der Waals surface area (Å²) in [6, 6.07) is 0. The van der Waals surface area contributed by atoms with Gasteiger partial charge in [-0.2, -0.15) is 0 Å². The molecule has 102 valence electrons. The highest BCUT2D eigenvalue weighted by Gasteiger charge is 2.55. The summed E-state index contributed by atoms with van der Waals surface area (Å²) in [6.45, 7) is 8.19. The normalized spacial score (nSPS) is 36.7. The molecule has 1 saturated heterocycles. The van der Waals surface area contributed by atoms with Crippen LogP contribution in [0.4, 0.5) is 0 Å². The summed E-state index contributed by atoms with van der Waals surface area (Å²) in [7, 11) is 0. The van der Waals surface area contributed by atoms with Gasteiger partial charge in [-0.1, -0.05) is 27.2 Å². The molecule has 0 N–H and O–H groups in total. The molecule has 2 rings (SSSR count). The van der Waals surface area contributed by atoms with Crippen LogP contribution in [0.5, 0.6) is 0 Å². The van der Waals surface area contributed by atoms with Crippen LogP contribution in [0.1, 0.15) is 47.0 Å². The van der Waals surface area contributed by atoms with Crippen molar-refractivity contribution < 1.29 is 9.59 Å². The van der Waals surface area contributed by atoms with Crippen LogP contribution < -0.4 is 0 Å². The van der Waals surface area contributed by atoms with Gasteiger partial charge < -0.3 is 0 Å². The van der Waals surface area contributed by atoms with Gasteiger partial charge in [0, 0.05) is 6.92 Å². The van der Waals surface area contributed by atoms with Crippen LogP contribution in [0.25, 0.3) is 0 Å². The molecule has 0 aromatic rings. The molecule has 2 aliphatic rings. The molecule has 1 spiro atoms. The average molecular weight is 269 g/mol. The molecule has 1 aliphatic carbocycles. The largest absolute Gasteiger partial charge is 0.275 e. The summed E-state index contributed by atoms with van der Waals surface area (Å²) in [5, 5.41) is 0. The van der Waals surface area contributed by atoms with Gasteiger partial charge in [-0.15, -0.1) is 11.8 Å². The molecule has 1 aliphatic heterocycles. The second-order valence-electron chi connectivity index (χ2n) is 6.12. The third-order valence-corrected chi connectivity index (χ3v) is 5.93. The maximum atomic E-state index is 12.0. The van der Waals surface area contributed by atoms with Gasteiger partial charge in [0.1, 0.15) is 4.87 Å². The van der Waals surface area contributed by atoms with Crippen LogP contribution >= 0.6 is 11.8 Å². The Morgan fingerprint density at radius 3 is 2.67 bits per heavy atom. The van der Waals surface area contributed by atoms with Crippen molar-refractivity contribution in [3.8, 4) is 0 Å². The Kier molecular flexibility index (Phi) is 3.77. The van der Waals surface area contributed by atoms with Crippen molar-refractivity contribution in [2.75, 3.05) is 5.75 Å². The third-order valence-electron chi connectivity index (χ3n) is 4.38. The van der Waals surface area contributed by atoms with Crippen LogP contribution in [0.15, 0.2) is 0 Å². The molecule has 1 heterocycles. The number of rotatable bonds is 1. The fourth-order valence-electron chi connectivity index (χ4n) is 3.69. The zero-order valence-corrected chi connectivity index (χ0v) is 12.5. The van der Waals surface area contributed by atoms with Crippen molar-refractivity contribution >= 4 is 23.6 Å². The van der Waals surface area contributed by atoms with Crippen LogP contribution in [0.3, 0.4) is 0 Å². The molecule has 0 aromatic carbocycles. The lowest BCUT2D eigenvalue weighted by Crippen LogP contribution is -2.55. The van der Waals surface area contributed by atoms with E-state index >= 15 is 0 Å². The highest BCUT2D eigenvalue weighted by Crippen LogP contribution is 2.54. The van der Waals surface area contributed by atoms with Gasteiger partial charge in [0.2, 0.25) is 11.8 Å². The standard InChI is InChI=1S/C14H23NO2S/c1-9(2)12-6-5-10(3)7-14(12)15(11(4)16)13(17)8-18-14/h9-10,12H,5-8H2,1-4H3/t10-,12+,14+/m1/s1. The minimum Gasteiger partial charge on any atom is -0.275 e. The lowest BCUT2D eigenvalue weighted by Gasteiger charge is -2.49. The maximum Gasteiger partial charge on any atom is 0.240 e. The summed E-state index contributed by atoms with van der Waals surface area (Å²) in [5.74, 6) is 1.94. The van der Waals surface area contributed by atoms with Gasteiger partial charge in [-0.25, -0.2) is 0 Å². The monoisotopic (exact) mass is 269 g/mol. The number of carbonyl (C=O) groups is 2. The van der Waals surface area contributed by atoms with Gasteiger partial charge >= 0.3 is 0 Å². The predicted octanol–water partition coefficient (Wildman–Crippen LogP) is 2.90. The van der Waals surface area contributed by atoms with Gasteiger partial charge in [0.05, 0.1) is 5.75 Å². The summed E-state index contributed by atoms with van der Waals surface area (Å²) in [5.41, 5.74) is 0. The van der Waals surface area contributed by atoms with Crippen LogP contribution in [0.2, 0.25) is 0 Å². The van der Waals surface area contributed by atoms with E-state index in [-0.39, 0.29) is 16.7 Å². The molecule has 0 radical (unpaired) electrons. The van der Waals surface area contributed by atoms with E-state index in [0.717, 1.165) is 12.8 Å². The van der Waals surface area contributed by atoms with E-state index in [1.54, 1.807) is 16.7 Å². The first-order valence-corrected chi connectivity index (χ1v) is 7.84. The molecule has 3 nitrogen and oxygen atoms in total. The quantitative estimate of drug-likeness (QED) is 0.734. The average Bonchev–Trinajstić information content (AvgIpc) is 2.55.